The van der Waals surface area contributed by atoms with Gasteiger partial charge in [-0.3, -0.25) is 9.59 Å². The summed E-state index contributed by atoms with van der Waals surface area (Å²) in [4.78, 5) is 32.3. The van der Waals surface area contributed by atoms with E-state index in [1.807, 2.05) is 32.0 Å². The van der Waals surface area contributed by atoms with E-state index in [4.69, 9.17) is 4.42 Å². The van der Waals surface area contributed by atoms with Crippen molar-refractivity contribution in [1.82, 2.24) is 20.5 Å². The lowest BCUT2D eigenvalue weighted by atomic mass is 10.0. The molecule has 5 rings (SSSR count). The molecule has 0 saturated carbocycles. The molecule has 11 heteroatoms. The van der Waals surface area contributed by atoms with Crippen molar-refractivity contribution < 1.29 is 31.9 Å². The monoisotopic (exact) mass is 636 g/mol. The van der Waals surface area contributed by atoms with Crippen LogP contribution in [0.3, 0.4) is 0 Å². The maximum absolute atomic E-state index is 13.4. The number of carbonyl (C=O) groups excluding carboxylic acids is 2. The number of ether oxygens (including phenoxy) is 1. The number of aromatic nitrogens is 1. The van der Waals surface area contributed by atoms with Crippen molar-refractivity contribution in [2.24, 2.45) is 0 Å². The van der Waals surface area contributed by atoms with Gasteiger partial charge in [-0.15, -0.1) is 13.2 Å². The Bertz CT molecular complexity index is 1590. The van der Waals surface area contributed by atoms with Crippen LogP contribution in [0.2, 0.25) is 0 Å². The number of carbonyl (C=O) groups is 2. The summed E-state index contributed by atoms with van der Waals surface area (Å²) in [5.74, 6) is -0.191. The molecule has 1 unspecified atom stereocenters. The van der Waals surface area contributed by atoms with Crippen LogP contribution in [-0.2, 0) is 6.54 Å². The molecule has 244 valence electrons. The Hall–Kier alpha value is -4.64. The van der Waals surface area contributed by atoms with Gasteiger partial charge in [0.2, 0.25) is 5.89 Å². The molecule has 0 bridgehead atoms. The van der Waals surface area contributed by atoms with Crippen LogP contribution in [0, 0.1) is 20.8 Å². The molecular weight excluding hydrogens is 597 g/mol. The first kappa shape index (κ1) is 34.2. The van der Waals surface area contributed by atoms with Gasteiger partial charge in [0, 0.05) is 30.8 Å². The number of oxazole rings is 1. The van der Waals surface area contributed by atoms with Crippen molar-refractivity contribution in [2.75, 3.05) is 19.6 Å². The lowest BCUT2D eigenvalue weighted by molar-refractivity contribution is -0.274. The number of likely N-dealkylation sites (tertiary alicyclic amines) is 1. The van der Waals surface area contributed by atoms with Crippen LogP contribution in [-0.4, -0.2) is 47.7 Å². The predicted molar refractivity (Wildman–Crippen MR) is 168 cm³/mol. The van der Waals surface area contributed by atoms with E-state index in [0.717, 1.165) is 24.1 Å². The van der Waals surface area contributed by atoms with Crippen LogP contribution < -0.4 is 15.4 Å². The van der Waals surface area contributed by atoms with Gasteiger partial charge >= 0.3 is 6.36 Å². The summed E-state index contributed by atoms with van der Waals surface area (Å²) in [5, 5.41) is 6.00. The van der Waals surface area contributed by atoms with E-state index >= 15 is 0 Å². The Balaban J connectivity index is 0.000000606. The number of amides is 2. The average molecular weight is 637 g/mol. The van der Waals surface area contributed by atoms with Crippen molar-refractivity contribution in [1.29, 1.82) is 0 Å². The van der Waals surface area contributed by atoms with Crippen molar-refractivity contribution in [3.63, 3.8) is 0 Å². The second-order valence-corrected chi connectivity index (χ2v) is 11.2. The van der Waals surface area contributed by atoms with Crippen LogP contribution in [0.1, 0.15) is 74.3 Å². The smallest absolute Gasteiger partial charge is 0.446 e. The number of nitrogens with zero attached hydrogens (tertiary/aromatic N) is 2. The van der Waals surface area contributed by atoms with Crippen molar-refractivity contribution in [2.45, 2.75) is 59.0 Å². The summed E-state index contributed by atoms with van der Waals surface area (Å²) < 4.78 is 46.7. The summed E-state index contributed by atoms with van der Waals surface area (Å²) in [6.07, 6.45) is -0.939. The van der Waals surface area contributed by atoms with E-state index < -0.39 is 6.36 Å². The third-order valence-electron chi connectivity index (χ3n) is 7.24. The van der Waals surface area contributed by atoms with Gasteiger partial charge in [-0.1, -0.05) is 48.0 Å². The SMILES string of the molecule is Cc1cc(C(=O)NCCCNCc2cccc(OC(F)(F)F)c2)cc(C(=O)N2CCCC2c2nc(C)co2)c1.Cc1ccccc1. The zero-order chi connectivity index (χ0) is 33.1. The molecule has 1 saturated heterocycles. The lowest BCUT2D eigenvalue weighted by Gasteiger charge is -2.23. The molecule has 0 spiro atoms. The van der Waals surface area contributed by atoms with Gasteiger partial charge in [0.15, 0.2) is 0 Å². The molecule has 2 heterocycles. The van der Waals surface area contributed by atoms with Gasteiger partial charge in [0.25, 0.3) is 11.8 Å². The van der Waals surface area contributed by atoms with E-state index in [2.05, 4.69) is 39.4 Å². The molecule has 1 aliphatic heterocycles. The number of benzene rings is 3. The minimum Gasteiger partial charge on any atom is -0.446 e. The van der Waals surface area contributed by atoms with Crippen LogP contribution in [0.15, 0.2) is 83.5 Å². The zero-order valence-corrected chi connectivity index (χ0v) is 26.2. The Morgan fingerprint density at radius 1 is 0.957 bits per heavy atom. The Morgan fingerprint density at radius 2 is 1.72 bits per heavy atom. The van der Waals surface area contributed by atoms with Gasteiger partial charge in [0.1, 0.15) is 18.1 Å². The number of alkyl halides is 3. The molecule has 0 aliphatic carbocycles. The third kappa shape index (κ3) is 10.5. The molecule has 1 fully saturated rings. The van der Waals surface area contributed by atoms with Crippen molar-refractivity contribution >= 4 is 11.8 Å². The topological polar surface area (TPSA) is 96.7 Å². The van der Waals surface area contributed by atoms with E-state index in [-0.39, 0.29) is 23.6 Å². The predicted octanol–water partition coefficient (Wildman–Crippen LogP) is 7.07. The number of aryl methyl sites for hydroxylation is 3. The van der Waals surface area contributed by atoms with Crippen LogP contribution in [0.4, 0.5) is 13.2 Å². The fourth-order valence-corrected chi connectivity index (χ4v) is 5.13. The summed E-state index contributed by atoms with van der Waals surface area (Å²) in [6.45, 7) is 7.64. The number of hydrogen-bond acceptors (Lipinski definition) is 6. The van der Waals surface area contributed by atoms with E-state index in [1.165, 1.54) is 23.8 Å². The zero-order valence-electron chi connectivity index (χ0n) is 26.2. The molecule has 8 nitrogen and oxygen atoms in total. The van der Waals surface area contributed by atoms with Crippen molar-refractivity contribution in [3.05, 3.63) is 118 Å². The second kappa shape index (κ2) is 16.1. The maximum atomic E-state index is 13.4. The first-order valence-corrected chi connectivity index (χ1v) is 15.2. The minimum atomic E-state index is -4.73. The molecule has 4 aromatic rings. The highest BCUT2D eigenvalue weighted by Gasteiger charge is 2.34. The van der Waals surface area contributed by atoms with Gasteiger partial charge < -0.3 is 24.7 Å². The molecule has 1 atom stereocenters. The average Bonchev–Trinajstić information content (AvgIpc) is 3.67. The van der Waals surface area contributed by atoms with E-state index in [9.17, 15) is 22.8 Å². The first-order chi connectivity index (χ1) is 22.0. The Kier molecular flexibility index (Phi) is 12.0. The molecule has 2 N–H and O–H groups in total. The third-order valence-corrected chi connectivity index (χ3v) is 7.24. The summed E-state index contributed by atoms with van der Waals surface area (Å²) in [6, 6.07) is 20.9. The van der Waals surface area contributed by atoms with Crippen LogP contribution >= 0.6 is 0 Å². The largest absolute Gasteiger partial charge is 0.573 e. The first-order valence-electron chi connectivity index (χ1n) is 15.2. The van der Waals surface area contributed by atoms with Crippen LogP contribution in [0.5, 0.6) is 5.75 Å². The van der Waals surface area contributed by atoms with Gasteiger partial charge in [-0.25, -0.2) is 4.98 Å². The number of hydrogen-bond donors (Lipinski definition) is 2. The standard InChI is InChI=1S/C28H31F3N4O4.C7H8/c1-18-12-21(15-22(13-18)27(37)35-11-4-8-24(35)26-34-19(2)17-38-26)25(36)33-10-5-9-32-16-20-6-3-7-23(14-20)39-28(29,30)31;1-7-5-3-2-4-6-7/h3,6-7,12-15,17,24,32H,4-5,8-11,16H2,1-2H3,(H,33,36);2-6H,1H3. The highest BCUT2D eigenvalue weighted by molar-refractivity contribution is 6.00. The fourth-order valence-electron chi connectivity index (χ4n) is 5.13. The molecule has 46 heavy (non-hydrogen) atoms. The normalized spacial score (nSPS) is 14.4. The molecule has 0 radical (unpaired) electrons. The maximum Gasteiger partial charge on any atom is 0.573 e. The number of halogens is 3. The molecule has 1 aromatic heterocycles. The van der Waals surface area contributed by atoms with Crippen LogP contribution in [0.25, 0.3) is 0 Å². The van der Waals surface area contributed by atoms with E-state index in [1.54, 1.807) is 35.4 Å². The molecule has 1 aliphatic rings. The Morgan fingerprint density at radius 3 is 2.39 bits per heavy atom. The highest BCUT2D eigenvalue weighted by Crippen LogP contribution is 2.33. The van der Waals surface area contributed by atoms with Gasteiger partial charge in [0.05, 0.1) is 5.69 Å². The fraction of sp³-hybridized carbons (Fsp3) is 0.343. The Labute approximate surface area is 267 Å². The lowest BCUT2D eigenvalue weighted by Crippen LogP contribution is -2.31. The summed E-state index contributed by atoms with van der Waals surface area (Å²) in [7, 11) is 0. The summed E-state index contributed by atoms with van der Waals surface area (Å²) >= 11 is 0. The molecule has 3 aromatic carbocycles. The van der Waals surface area contributed by atoms with Gasteiger partial charge in [-0.2, -0.15) is 0 Å². The molecular formula is C35H39F3N4O4. The quantitative estimate of drug-likeness (QED) is 0.181. The van der Waals surface area contributed by atoms with Crippen molar-refractivity contribution in [3.8, 4) is 5.75 Å². The number of nitrogens with one attached hydrogen (secondary N) is 2. The van der Waals surface area contributed by atoms with E-state index in [0.29, 0.717) is 55.2 Å². The number of rotatable bonds is 10. The minimum absolute atomic E-state index is 0.167. The molecule has 2 amide bonds. The van der Waals surface area contributed by atoms with Gasteiger partial charge in [-0.05, 0) is 88.0 Å². The summed E-state index contributed by atoms with van der Waals surface area (Å²) in [5.41, 5.74) is 4.37. The second-order valence-electron chi connectivity index (χ2n) is 11.2. The highest BCUT2D eigenvalue weighted by atomic mass is 19.4.